The molecule has 1 rings (SSSR count). The molecule has 1 unspecified atom stereocenters. The van der Waals surface area contributed by atoms with Crippen LogP contribution < -0.4 is 4.74 Å². The van der Waals surface area contributed by atoms with Crippen LogP contribution >= 0.6 is 21.7 Å². The molecule has 0 heterocycles. The summed E-state index contributed by atoms with van der Waals surface area (Å²) in [5, 5.41) is 8.59. The summed E-state index contributed by atoms with van der Waals surface area (Å²) < 4.78 is 5.12. The number of hydrogen-bond donors (Lipinski definition) is 1. The lowest BCUT2D eigenvalue weighted by atomic mass is 10.3. The quantitative estimate of drug-likeness (QED) is 0.867. The number of carboxylic acids is 1. The molecule has 0 bridgehead atoms. The molecule has 0 aliphatic carbocycles. The Morgan fingerprint density at radius 1 is 1.50 bits per heavy atom. The van der Waals surface area contributed by atoms with Gasteiger partial charge in [0.1, 0.15) is 5.75 Å². The summed E-state index contributed by atoms with van der Waals surface area (Å²) in [6.07, 6.45) is -0.843. The minimum absolute atomic E-state index is 0.523. The first kappa shape index (κ1) is 11.2. The van der Waals surface area contributed by atoms with Crippen molar-refractivity contribution in [2.45, 2.75) is 17.9 Å². The van der Waals surface area contributed by atoms with Gasteiger partial charge in [-0.2, -0.15) is 0 Å². The van der Waals surface area contributed by atoms with Crippen LogP contribution in [0.1, 0.15) is 6.92 Å². The molecule has 0 saturated heterocycles. The van der Waals surface area contributed by atoms with Crippen LogP contribution in [0.3, 0.4) is 0 Å². The fourth-order valence-corrected chi connectivity index (χ4v) is 1.37. The summed E-state index contributed by atoms with van der Waals surface area (Å²) in [5.74, 6) is -0.463. The van der Waals surface area contributed by atoms with Gasteiger partial charge in [-0.3, -0.25) is 0 Å². The zero-order valence-electron chi connectivity index (χ0n) is 7.44. The van der Waals surface area contributed by atoms with E-state index in [2.05, 4.69) is 0 Å². The van der Waals surface area contributed by atoms with Gasteiger partial charge in [-0.1, -0.05) is 0 Å². The van der Waals surface area contributed by atoms with E-state index in [1.165, 1.54) is 6.92 Å². The van der Waals surface area contributed by atoms with Crippen LogP contribution in [-0.4, -0.2) is 17.2 Å². The normalized spacial score (nSPS) is 12.1. The van der Waals surface area contributed by atoms with Gasteiger partial charge >= 0.3 is 5.97 Å². The van der Waals surface area contributed by atoms with E-state index in [4.69, 9.17) is 20.5 Å². The molecule has 5 heteroatoms. The molecule has 0 aromatic heterocycles. The third-order valence-electron chi connectivity index (χ3n) is 1.57. The molecule has 1 atom stereocenters. The summed E-state index contributed by atoms with van der Waals surface area (Å²) in [6, 6.07) is 6.90. The lowest BCUT2D eigenvalue weighted by Crippen LogP contribution is -2.22. The average Bonchev–Trinajstić information content (AvgIpc) is 2.19. The highest BCUT2D eigenvalue weighted by Gasteiger charge is 2.11. The second kappa shape index (κ2) is 5.12. The van der Waals surface area contributed by atoms with Crippen LogP contribution in [0.2, 0.25) is 0 Å². The summed E-state index contributed by atoms with van der Waals surface area (Å²) >= 11 is 0. The third kappa shape index (κ3) is 3.12. The summed E-state index contributed by atoms with van der Waals surface area (Å²) in [6.45, 7) is 1.48. The molecule has 3 nitrogen and oxygen atoms in total. The number of carboxylic acid groups (broad SMARTS) is 1. The van der Waals surface area contributed by atoms with Gasteiger partial charge < -0.3 is 9.84 Å². The second-order valence-corrected chi connectivity index (χ2v) is 3.74. The highest BCUT2D eigenvalue weighted by molar-refractivity contribution is 8.21. The van der Waals surface area contributed by atoms with Crippen molar-refractivity contribution in [3.8, 4) is 5.75 Å². The molecule has 1 aromatic carbocycles. The molecule has 1 N–H and O–H groups in total. The molecular weight excluding hydrogens is 224 g/mol. The molecule has 1 aromatic rings. The van der Waals surface area contributed by atoms with Crippen molar-refractivity contribution in [3.05, 3.63) is 24.3 Å². The van der Waals surface area contributed by atoms with Gasteiger partial charge in [-0.25, -0.2) is 4.79 Å². The van der Waals surface area contributed by atoms with Crippen molar-refractivity contribution in [2.75, 3.05) is 0 Å². The van der Waals surface area contributed by atoms with Gasteiger partial charge in [0.15, 0.2) is 6.10 Å². The number of benzene rings is 1. The Hall–Kier alpha value is -0.870. The predicted molar refractivity (Wildman–Crippen MR) is 55.9 cm³/mol. The van der Waals surface area contributed by atoms with E-state index < -0.39 is 12.1 Å². The summed E-state index contributed by atoms with van der Waals surface area (Å²) in [5.41, 5.74) is 0. The fraction of sp³-hybridized carbons (Fsp3) is 0.222. The van der Waals surface area contributed by atoms with Gasteiger partial charge in [0.2, 0.25) is 0 Å². The zero-order valence-corrected chi connectivity index (χ0v) is 9.01. The van der Waals surface area contributed by atoms with Gasteiger partial charge in [0.05, 0.1) is 0 Å². The number of aliphatic carboxylic acids is 1. The Morgan fingerprint density at radius 3 is 2.50 bits per heavy atom. The highest BCUT2D eigenvalue weighted by atomic mass is 35.7. The number of rotatable bonds is 4. The molecule has 14 heavy (non-hydrogen) atoms. The lowest BCUT2D eigenvalue weighted by Gasteiger charge is -2.09. The van der Waals surface area contributed by atoms with Crippen LogP contribution in [-0.2, 0) is 4.79 Å². The summed E-state index contributed by atoms with van der Waals surface area (Å²) in [7, 11) is 6.62. The Bertz CT molecular complexity index is 312. The molecule has 0 amide bonds. The molecule has 0 saturated carbocycles. The van der Waals surface area contributed by atoms with Crippen molar-refractivity contribution in [1.29, 1.82) is 0 Å². The van der Waals surface area contributed by atoms with Gasteiger partial charge in [-0.05, 0) is 52.8 Å². The zero-order chi connectivity index (χ0) is 10.6. The fourth-order valence-electron chi connectivity index (χ4n) is 0.824. The monoisotopic (exact) mass is 232 g/mol. The van der Waals surface area contributed by atoms with E-state index in [0.29, 0.717) is 5.75 Å². The first-order chi connectivity index (χ1) is 6.63. The second-order valence-electron chi connectivity index (χ2n) is 2.65. The average molecular weight is 233 g/mol. The number of halogens is 1. The van der Waals surface area contributed by atoms with Crippen LogP contribution in [0, 0.1) is 0 Å². The standard InChI is InChI=1S/C9H9ClO3S/c1-6(9(11)12)13-7-2-4-8(14-10)5-3-7/h2-6H,1H3,(H,11,12). The molecule has 76 valence electrons. The first-order valence-electron chi connectivity index (χ1n) is 3.91. The Balaban J connectivity index is 2.64. The number of hydrogen-bond acceptors (Lipinski definition) is 3. The Labute approximate surface area is 90.5 Å². The highest BCUT2D eigenvalue weighted by Crippen LogP contribution is 2.24. The van der Waals surface area contributed by atoms with E-state index >= 15 is 0 Å². The maximum Gasteiger partial charge on any atom is 0.344 e. The Morgan fingerprint density at radius 2 is 2.07 bits per heavy atom. The van der Waals surface area contributed by atoms with Crippen molar-refractivity contribution in [3.63, 3.8) is 0 Å². The van der Waals surface area contributed by atoms with Crippen LogP contribution in [0.5, 0.6) is 5.75 Å². The van der Waals surface area contributed by atoms with E-state index in [9.17, 15) is 4.79 Å². The van der Waals surface area contributed by atoms with Crippen LogP contribution in [0.25, 0.3) is 0 Å². The number of ether oxygens (including phenoxy) is 1. The molecule has 0 radical (unpaired) electrons. The van der Waals surface area contributed by atoms with Gasteiger partial charge in [-0.15, -0.1) is 0 Å². The minimum Gasteiger partial charge on any atom is -0.479 e. The molecule has 0 spiro atoms. The third-order valence-corrected chi connectivity index (χ3v) is 2.56. The van der Waals surface area contributed by atoms with Crippen molar-refractivity contribution >= 4 is 27.6 Å². The van der Waals surface area contributed by atoms with E-state index in [-0.39, 0.29) is 0 Å². The molecule has 0 aliphatic heterocycles. The van der Waals surface area contributed by atoms with Crippen molar-refractivity contribution in [2.24, 2.45) is 0 Å². The molecule has 0 aliphatic rings. The smallest absolute Gasteiger partial charge is 0.344 e. The van der Waals surface area contributed by atoms with Crippen LogP contribution in [0.15, 0.2) is 29.2 Å². The molecular formula is C9H9ClO3S. The van der Waals surface area contributed by atoms with Crippen LogP contribution in [0.4, 0.5) is 0 Å². The van der Waals surface area contributed by atoms with Gasteiger partial charge in [0.25, 0.3) is 0 Å². The van der Waals surface area contributed by atoms with Crippen molar-refractivity contribution in [1.82, 2.24) is 0 Å². The molecule has 0 fully saturated rings. The Kier molecular flexibility index (Phi) is 4.10. The van der Waals surface area contributed by atoms with Gasteiger partial charge in [0, 0.05) is 4.90 Å². The lowest BCUT2D eigenvalue weighted by molar-refractivity contribution is -0.144. The minimum atomic E-state index is -0.985. The largest absolute Gasteiger partial charge is 0.479 e. The first-order valence-corrected chi connectivity index (χ1v) is 5.56. The van der Waals surface area contributed by atoms with Crippen molar-refractivity contribution < 1.29 is 14.6 Å². The predicted octanol–water partition coefficient (Wildman–Crippen LogP) is 2.78. The maximum atomic E-state index is 10.5. The SMILES string of the molecule is CC(Oc1ccc(SCl)cc1)C(=O)O. The topological polar surface area (TPSA) is 46.5 Å². The van der Waals surface area contributed by atoms with E-state index in [1.807, 2.05) is 0 Å². The van der Waals surface area contributed by atoms with E-state index in [0.717, 1.165) is 15.9 Å². The summed E-state index contributed by atoms with van der Waals surface area (Å²) in [4.78, 5) is 11.4. The maximum absolute atomic E-state index is 10.5. The van der Waals surface area contributed by atoms with E-state index in [1.54, 1.807) is 24.3 Å². The number of carbonyl (C=O) groups is 1.